The molecule has 0 bridgehead atoms. The van der Waals surface area contributed by atoms with Crippen molar-refractivity contribution in [3.8, 4) is 0 Å². The van der Waals surface area contributed by atoms with Crippen molar-refractivity contribution in [2.45, 2.75) is 32.0 Å². The Kier molecular flexibility index (Phi) is 5.31. The topological polar surface area (TPSA) is 31.4 Å². The maximum absolute atomic E-state index is 4.22. The van der Waals surface area contributed by atoms with E-state index in [1.165, 1.54) is 18.5 Å². The van der Waals surface area contributed by atoms with Gasteiger partial charge < -0.3 is 10.2 Å². The van der Waals surface area contributed by atoms with Gasteiger partial charge in [0.05, 0.1) is 0 Å². The molecular weight excluding hydrogens is 236 g/mol. The van der Waals surface area contributed by atoms with Gasteiger partial charge in [0.2, 0.25) is 0 Å². The predicted octanol–water partition coefficient (Wildman–Crippen LogP) is 1.20. The third-order valence-corrected chi connectivity index (χ3v) is 4.14. The van der Waals surface area contributed by atoms with E-state index in [1.807, 2.05) is 25.5 Å². The zero-order valence-corrected chi connectivity index (χ0v) is 12.3. The Morgan fingerprint density at radius 2 is 2.32 bits per heavy atom. The van der Waals surface area contributed by atoms with E-state index >= 15 is 0 Å². The molecule has 4 heteroatoms. The molecule has 0 saturated carbocycles. The molecule has 106 valence electrons. The van der Waals surface area contributed by atoms with E-state index in [2.05, 4.69) is 40.1 Å². The minimum absolute atomic E-state index is 0.589. The Morgan fingerprint density at radius 3 is 3.00 bits per heavy atom. The number of pyridine rings is 1. The molecule has 19 heavy (non-hydrogen) atoms. The van der Waals surface area contributed by atoms with Gasteiger partial charge in [-0.3, -0.25) is 9.88 Å². The monoisotopic (exact) mass is 262 g/mol. The van der Waals surface area contributed by atoms with Crippen LogP contribution in [0.1, 0.15) is 18.9 Å². The fourth-order valence-corrected chi connectivity index (χ4v) is 2.75. The summed E-state index contributed by atoms with van der Waals surface area (Å²) in [5.74, 6) is 0. The van der Waals surface area contributed by atoms with Gasteiger partial charge in [0.15, 0.2) is 0 Å². The van der Waals surface area contributed by atoms with Gasteiger partial charge in [-0.25, -0.2) is 0 Å². The van der Waals surface area contributed by atoms with Gasteiger partial charge in [-0.2, -0.15) is 0 Å². The lowest BCUT2D eigenvalue weighted by Crippen LogP contribution is -2.45. The fraction of sp³-hybridized carbons (Fsp3) is 0.667. The van der Waals surface area contributed by atoms with E-state index < -0.39 is 0 Å². The van der Waals surface area contributed by atoms with E-state index in [0.717, 1.165) is 19.6 Å². The minimum atomic E-state index is 0.589. The van der Waals surface area contributed by atoms with E-state index in [4.69, 9.17) is 0 Å². The van der Waals surface area contributed by atoms with E-state index in [1.54, 1.807) is 0 Å². The van der Waals surface area contributed by atoms with Crippen molar-refractivity contribution in [3.05, 3.63) is 30.1 Å². The van der Waals surface area contributed by atoms with Crippen LogP contribution in [0.15, 0.2) is 24.5 Å². The van der Waals surface area contributed by atoms with Crippen LogP contribution in [0.25, 0.3) is 0 Å². The highest BCUT2D eigenvalue weighted by atomic mass is 15.3. The fourth-order valence-electron chi connectivity index (χ4n) is 2.75. The summed E-state index contributed by atoms with van der Waals surface area (Å²) in [5.41, 5.74) is 1.31. The first-order valence-corrected chi connectivity index (χ1v) is 7.18. The normalized spacial score (nSPS) is 26.3. The first-order valence-electron chi connectivity index (χ1n) is 7.18. The maximum Gasteiger partial charge on any atom is 0.0344 e. The Morgan fingerprint density at radius 1 is 1.47 bits per heavy atom. The molecular formula is C15H26N4. The van der Waals surface area contributed by atoms with E-state index in [0.29, 0.717) is 12.1 Å². The van der Waals surface area contributed by atoms with Crippen LogP contribution in [-0.2, 0) is 6.54 Å². The summed E-state index contributed by atoms with van der Waals surface area (Å²) in [6.07, 6.45) is 5.05. The van der Waals surface area contributed by atoms with Crippen molar-refractivity contribution in [2.24, 2.45) is 0 Å². The summed E-state index contributed by atoms with van der Waals surface area (Å²) in [6.45, 7) is 6.69. The number of hydrogen-bond donors (Lipinski definition) is 1. The molecule has 2 atom stereocenters. The average Bonchev–Trinajstić information content (AvgIpc) is 2.55. The molecule has 2 unspecified atom stereocenters. The van der Waals surface area contributed by atoms with Crippen LogP contribution < -0.4 is 5.32 Å². The summed E-state index contributed by atoms with van der Waals surface area (Å²) < 4.78 is 0. The lowest BCUT2D eigenvalue weighted by molar-refractivity contribution is 0.172. The Balaban J connectivity index is 2.04. The Labute approximate surface area is 116 Å². The highest BCUT2D eigenvalue weighted by Crippen LogP contribution is 2.16. The van der Waals surface area contributed by atoms with Crippen molar-refractivity contribution in [2.75, 3.05) is 33.7 Å². The number of likely N-dealkylation sites (N-methyl/N-ethyl adjacent to an activating group) is 2. The summed E-state index contributed by atoms with van der Waals surface area (Å²) >= 11 is 0. The third-order valence-electron chi connectivity index (χ3n) is 4.14. The number of aromatic nitrogens is 1. The molecule has 2 heterocycles. The zero-order valence-electron chi connectivity index (χ0n) is 12.3. The second-order valence-electron chi connectivity index (χ2n) is 5.62. The highest BCUT2D eigenvalue weighted by molar-refractivity contribution is 5.08. The zero-order chi connectivity index (χ0) is 13.7. The molecule has 0 spiro atoms. The van der Waals surface area contributed by atoms with E-state index in [-0.39, 0.29) is 0 Å². The van der Waals surface area contributed by atoms with Gasteiger partial charge in [0.1, 0.15) is 0 Å². The van der Waals surface area contributed by atoms with Gasteiger partial charge >= 0.3 is 0 Å². The molecule has 1 N–H and O–H groups in total. The van der Waals surface area contributed by atoms with Crippen LogP contribution in [-0.4, -0.2) is 60.6 Å². The summed E-state index contributed by atoms with van der Waals surface area (Å²) in [6, 6.07) is 5.41. The predicted molar refractivity (Wildman–Crippen MR) is 79.1 cm³/mol. The van der Waals surface area contributed by atoms with Crippen molar-refractivity contribution in [1.82, 2.24) is 20.1 Å². The molecule has 4 nitrogen and oxygen atoms in total. The molecule has 0 amide bonds. The number of rotatable bonds is 4. The standard InChI is InChI=1S/C15H26N4/c1-13-6-8-18(3)15(10-16-2)12-19(13)11-14-5-4-7-17-9-14/h4-5,7,9,13,15-16H,6,8,10-12H2,1-3H3. The molecule has 1 aliphatic heterocycles. The number of nitrogens with zero attached hydrogens (tertiary/aromatic N) is 3. The molecule has 0 radical (unpaired) electrons. The van der Waals surface area contributed by atoms with Crippen molar-refractivity contribution in [1.29, 1.82) is 0 Å². The van der Waals surface area contributed by atoms with Gasteiger partial charge in [0.25, 0.3) is 0 Å². The van der Waals surface area contributed by atoms with Crippen molar-refractivity contribution in [3.63, 3.8) is 0 Å². The second-order valence-corrected chi connectivity index (χ2v) is 5.62. The van der Waals surface area contributed by atoms with Crippen LogP contribution in [0.3, 0.4) is 0 Å². The summed E-state index contributed by atoms with van der Waals surface area (Å²) in [5, 5.41) is 3.31. The highest BCUT2D eigenvalue weighted by Gasteiger charge is 2.25. The minimum Gasteiger partial charge on any atom is -0.318 e. The molecule has 1 saturated heterocycles. The number of hydrogen-bond acceptors (Lipinski definition) is 4. The van der Waals surface area contributed by atoms with Crippen LogP contribution in [0.4, 0.5) is 0 Å². The van der Waals surface area contributed by atoms with Gasteiger partial charge in [-0.15, -0.1) is 0 Å². The molecule has 0 aliphatic carbocycles. The summed E-state index contributed by atoms with van der Waals surface area (Å²) in [7, 11) is 4.27. The SMILES string of the molecule is CNCC1CN(Cc2cccnc2)C(C)CCN1C. The third kappa shape index (κ3) is 4.00. The van der Waals surface area contributed by atoms with Crippen LogP contribution in [0.5, 0.6) is 0 Å². The molecule has 1 aliphatic rings. The van der Waals surface area contributed by atoms with Crippen molar-refractivity contribution >= 4 is 0 Å². The molecule has 1 aromatic heterocycles. The molecule has 1 fully saturated rings. The van der Waals surface area contributed by atoms with Crippen molar-refractivity contribution < 1.29 is 0 Å². The smallest absolute Gasteiger partial charge is 0.0344 e. The maximum atomic E-state index is 4.22. The molecule has 0 aromatic carbocycles. The van der Waals surface area contributed by atoms with Gasteiger partial charge in [-0.05, 0) is 45.6 Å². The number of nitrogens with one attached hydrogen (secondary N) is 1. The first-order chi connectivity index (χ1) is 9.20. The lowest BCUT2D eigenvalue weighted by atomic mass is 10.1. The average molecular weight is 262 g/mol. The van der Waals surface area contributed by atoms with Crippen LogP contribution in [0, 0.1) is 0 Å². The van der Waals surface area contributed by atoms with Crippen LogP contribution >= 0.6 is 0 Å². The lowest BCUT2D eigenvalue weighted by Gasteiger charge is -2.31. The Hall–Kier alpha value is -0.970. The first kappa shape index (κ1) is 14.4. The largest absolute Gasteiger partial charge is 0.318 e. The molecule has 1 aromatic rings. The van der Waals surface area contributed by atoms with E-state index in [9.17, 15) is 0 Å². The summed E-state index contributed by atoms with van der Waals surface area (Å²) in [4.78, 5) is 9.29. The quantitative estimate of drug-likeness (QED) is 0.883. The van der Waals surface area contributed by atoms with Gasteiger partial charge in [0, 0.05) is 44.1 Å². The van der Waals surface area contributed by atoms with Crippen LogP contribution in [0.2, 0.25) is 0 Å². The second kappa shape index (κ2) is 6.98. The van der Waals surface area contributed by atoms with Gasteiger partial charge in [-0.1, -0.05) is 6.07 Å². The Bertz CT molecular complexity index is 368. The molecule has 2 rings (SSSR count).